The first-order chi connectivity index (χ1) is 14.6. The fraction of sp³-hybridized carbons (Fsp3) is 0.167. The van der Waals surface area contributed by atoms with Crippen molar-refractivity contribution in [2.24, 2.45) is 7.05 Å². The second kappa shape index (κ2) is 7.27. The van der Waals surface area contributed by atoms with E-state index < -0.39 is 21.8 Å². The normalized spacial score (nSPS) is 12.3. The molecule has 4 aromatic rings. The quantitative estimate of drug-likeness (QED) is 0.499. The molecular formula is C18H15F3N6O3S. The number of aromatic nitrogens is 5. The summed E-state index contributed by atoms with van der Waals surface area (Å²) >= 11 is 0. The van der Waals surface area contributed by atoms with Gasteiger partial charge in [0.05, 0.1) is 42.5 Å². The van der Waals surface area contributed by atoms with Crippen molar-refractivity contribution >= 4 is 26.6 Å². The third-order valence-electron chi connectivity index (χ3n) is 4.46. The summed E-state index contributed by atoms with van der Waals surface area (Å²) in [6, 6.07) is 4.80. The lowest BCUT2D eigenvalue weighted by Gasteiger charge is -2.11. The number of hydrogen-bond acceptors (Lipinski definition) is 6. The summed E-state index contributed by atoms with van der Waals surface area (Å²) in [5.74, 6) is 0.244. The number of anilines is 1. The van der Waals surface area contributed by atoms with Gasteiger partial charge in [-0.3, -0.25) is 9.40 Å². The Morgan fingerprint density at radius 3 is 2.61 bits per heavy atom. The number of hydrogen-bond donors (Lipinski definition) is 1. The molecule has 31 heavy (non-hydrogen) atoms. The van der Waals surface area contributed by atoms with E-state index in [2.05, 4.69) is 19.9 Å². The van der Waals surface area contributed by atoms with Gasteiger partial charge in [0, 0.05) is 24.7 Å². The third-order valence-corrected chi connectivity index (χ3v) is 5.78. The van der Waals surface area contributed by atoms with Crippen molar-refractivity contribution in [3.8, 4) is 11.6 Å². The van der Waals surface area contributed by atoms with Gasteiger partial charge in [0.25, 0.3) is 10.0 Å². The second-order valence-electron chi connectivity index (χ2n) is 6.51. The van der Waals surface area contributed by atoms with Crippen LogP contribution in [-0.4, -0.2) is 40.1 Å². The Labute approximate surface area is 174 Å². The number of aryl methyl sites for hydroxylation is 1. The van der Waals surface area contributed by atoms with Gasteiger partial charge in [0.1, 0.15) is 10.6 Å². The van der Waals surface area contributed by atoms with Crippen molar-refractivity contribution in [2.45, 2.75) is 11.1 Å². The minimum atomic E-state index is -4.57. The summed E-state index contributed by atoms with van der Waals surface area (Å²) in [6.45, 7) is 0. The zero-order chi connectivity index (χ0) is 22.4. The third kappa shape index (κ3) is 3.91. The highest BCUT2D eigenvalue weighted by Gasteiger charge is 2.31. The van der Waals surface area contributed by atoms with Crippen molar-refractivity contribution in [2.75, 3.05) is 11.8 Å². The molecule has 0 aliphatic carbocycles. The maximum absolute atomic E-state index is 12.9. The van der Waals surface area contributed by atoms with E-state index in [0.717, 1.165) is 35.4 Å². The van der Waals surface area contributed by atoms with Gasteiger partial charge in [-0.2, -0.15) is 23.4 Å². The Morgan fingerprint density at radius 2 is 1.90 bits per heavy atom. The predicted octanol–water partition coefficient (Wildman–Crippen LogP) is 2.98. The standard InChI is InChI=1S/C18H15F3N6O3S/c1-26-17-11(8-23-26)5-13(30-2)7-15(17)25-31(28,29)14-9-24-27(10-14)16-6-12(3-4-22-16)18(19,20)21/h3-10,25H,1-2H3. The minimum Gasteiger partial charge on any atom is -0.497 e. The van der Waals surface area contributed by atoms with Gasteiger partial charge < -0.3 is 4.74 Å². The lowest BCUT2D eigenvalue weighted by molar-refractivity contribution is -0.137. The molecule has 0 spiro atoms. The number of sulfonamides is 1. The zero-order valence-electron chi connectivity index (χ0n) is 16.1. The van der Waals surface area contributed by atoms with Gasteiger partial charge in [-0.1, -0.05) is 0 Å². The Morgan fingerprint density at radius 1 is 1.13 bits per heavy atom. The van der Waals surface area contributed by atoms with Crippen LogP contribution in [0.1, 0.15) is 5.56 Å². The van der Waals surface area contributed by atoms with Crippen LogP contribution in [0.25, 0.3) is 16.7 Å². The Bertz CT molecular complexity index is 1380. The molecule has 0 aliphatic heterocycles. The van der Waals surface area contributed by atoms with Crippen LogP contribution < -0.4 is 9.46 Å². The molecule has 4 rings (SSSR count). The van der Waals surface area contributed by atoms with E-state index >= 15 is 0 Å². The summed E-state index contributed by atoms with van der Waals surface area (Å²) in [4.78, 5) is 3.57. The van der Waals surface area contributed by atoms with Crippen molar-refractivity contribution < 1.29 is 26.3 Å². The van der Waals surface area contributed by atoms with E-state index in [1.807, 2.05) is 0 Å². The SMILES string of the molecule is COc1cc(NS(=O)(=O)c2cnn(-c3cc(C(F)(F)F)ccn3)c2)c2c(cnn2C)c1. The lowest BCUT2D eigenvalue weighted by Crippen LogP contribution is -2.13. The number of pyridine rings is 1. The van der Waals surface area contributed by atoms with Crippen molar-refractivity contribution in [3.05, 3.63) is 54.6 Å². The number of alkyl halides is 3. The summed E-state index contributed by atoms with van der Waals surface area (Å²) in [6.07, 6.45) is 0.0626. The minimum absolute atomic E-state index is 0.174. The van der Waals surface area contributed by atoms with Crippen LogP contribution in [-0.2, 0) is 23.2 Å². The number of fused-ring (bicyclic) bond motifs is 1. The molecular weight excluding hydrogens is 437 g/mol. The van der Waals surface area contributed by atoms with E-state index in [1.54, 1.807) is 19.3 Å². The molecule has 1 N–H and O–H groups in total. The van der Waals surface area contributed by atoms with E-state index in [1.165, 1.54) is 17.9 Å². The van der Waals surface area contributed by atoms with Gasteiger partial charge in [0.15, 0.2) is 5.82 Å². The van der Waals surface area contributed by atoms with Crippen LogP contribution in [0.2, 0.25) is 0 Å². The first-order valence-corrected chi connectivity index (χ1v) is 10.2. The van der Waals surface area contributed by atoms with Gasteiger partial charge in [0.2, 0.25) is 0 Å². The predicted molar refractivity (Wildman–Crippen MR) is 104 cm³/mol. The molecule has 3 aromatic heterocycles. The van der Waals surface area contributed by atoms with Crippen LogP contribution in [0.15, 0.2) is 53.9 Å². The monoisotopic (exact) mass is 452 g/mol. The lowest BCUT2D eigenvalue weighted by atomic mass is 10.2. The molecule has 9 nitrogen and oxygen atoms in total. The molecule has 0 saturated heterocycles. The number of ether oxygens (including phenoxy) is 1. The average molecular weight is 452 g/mol. The average Bonchev–Trinajstić information content (AvgIpc) is 3.35. The molecule has 1 aromatic carbocycles. The zero-order valence-corrected chi connectivity index (χ0v) is 16.9. The maximum Gasteiger partial charge on any atom is 0.416 e. The summed E-state index contributed by atoms with van der Waals surface area (Å²) in [7, 11) is -1.03. The van der Waals surface area contributed by atoms with E-state index in [9.17, 15) is 21.6 Å². The molecule has 0 amide bonds. The molecule has 0 radical (unpaired) electrons. The van der Waals surface area contributed by atoms with Gasteiger partial charge in [-0.05, 0) is 18.2 Å². The smallest absolute Gasteiger partial charge is 0.416 e. The fourth-order valence-corrected chi connectivity index (χ4v) is 3.97. The van der Waals surface area contributed by atoms with Gasteiger partial charge in [-0.25, -0.2) is 18.1 Å². The van der Waals surface area contributed by atoms with Crippen LogP contribution in [0.3, 0.4) is 0 Å². The second-order valence-corrected chi connectivity index (χ2v) is 8.19. The molecule has 0 aliphatic rings. The molecule has 0 unspecified atom stereocenters. The summed E-state index contributed by atoms with van der Waals surface area (Å²) in [5, 5.41) is 8.62. The number of halogens is 3. The number of rotatable bonds is 5. The van der Waals surface area contributed by atoms with Crippen molar-refractivity contribution in [1.29, 1.82) is 0 Å². The van der Waals surface area contributed by atoms with E-state index in [4.69, 9.17) is 4.74 Å². The molecule has 0 fully saturated rings. The van der Waals surface area contributed by atoms with Crippen LogP contribution >= 0.6 is 0 Å². The topological polar surface area (TPSA) is 104 Å². The Kier molecular flexibility index (Phi) is 4.84. The summed E-state index contributed by atoms with van der Waals surface area (Å²) < 4.78 is 74.8. The number of nitrogens with one attached hydrogen (secondary N) is 1. The Balaban J connectivity index is 1.70. The first-order valence-electron chi connectivity index (χ1n) is 8.69. The van der Waals surface area contributed by atoms with Crippen LogP contribution in [0.5, 0.6) is 5.75 Å². The fourth-order valence-electron chi connectivity index (χ4n) is 2.99. The van der Waals surface area contributed by atoms with Crippen LogP contribution in [0, 0.1) is 0 Å². The number of nitrogens with zero attached hydrogens (tertiary/aromatic N) is 5. The van der Waals surface area contributed by atoms with Crippen LogP contribution in [0.4, 0.5) is 18.9 Å². The van der Waals surface area contributed by atoms with Gasteiger partial charge in [-0.15, -0.1) is 0 Å². The molecule has 3 heterocycles. The van der Waals surface area contributed by atoms with Gasteiger partial charge >= 0.3 is 6.18 Å². The molecule has 0 atom stereocenters. The molecule has 162 valence electrons. The molecule has 0 bridgehead atoms. The molecule has 0 saturated carbocycles. The highest BCUT2D eigenvalue weighted by molar-refractivity contribution is 7.92. The van der Waals surface area contributed by atoms with Crippen molar-refractivity contribution in [3.63, 3.8) is 0 Å². The number of methoxy groups -OCH3 is 1. The number of benzene rings is 1. The van der Waals surface area contributed by atoms with Crippen molar-refractivity contribution in [1.82, 2.24) is 24.5 Å². The summed E-state index contributed by atoms with van der Waals surface area (Å²) in [5.41, 5.74) is -0.180. The molecule has 13 heteroatoms. The van der Waals surface area contributed by atoms with E-state index in [-0.39, 0.29) is 16.4 Å². The Hall–Kier alpha value is -3.61. The maximum atomic E-state index is 12.9. The first kappa shape index (κ1) is 20.7. The highest BCUT2D eigenvalue weighted by Crippen LogP contribution is 2.31. The highest BCUT2D eigenvalue weighted by atomic mass is 32.2. The van der Waals surface area contributed by atoms with E-state index in [0.29, 0.717) is 16.7 Å². The largest absolute Gasteiger partial charge is 0.497 e.